The van der Waals surface area contributed by atoms with Gasteiger partial charge in [0.1, 0.15) is 18.8 Å². The Hall–Kier alpha value is -2.92. The molecule has 4 rings (SSSR count). The number of ether oxygens (including phenoxy) is 2. The zero-order valence-corrected chi connectivity index (χ0v) is 18.4. The molecule has 1 unspecified atom stereocenters. The van der Waals surface area contributed by atoms with E-state index in [0.29, 0.717) is 43.0 Å². The molecule has 1 atom stereocenters. The lowest BCUT2D eigenvalue weighted by molar-refractivity contribution is -0.893. The molecular weight excluding hydrogens is 404 g/mol. The van der Waals surface area contributed by atoms with Crippen LogP contribution in [0.3, 0.4) is 0 Å². The van der Waals surface area contributed by atoms with Crippen molar-refractivity contribution < 1.29 is 18.8 Å². The normalized spacial score (nSPS) is 20.5. The second-order valence-corrected chi connectivity index (χ2v) is 8.51. The highest BCUT2D eigenvalue weighted by Crippen LogP contribution is 2.29. The smallest absolute Gasteiger partial charge is 0.415 e. The van der Waals surface area contributed by atoms with Gasteiger partial charge in [-0.1, -0.05) is 24.3 Å². The highest BCUT2D eigenvalue weighted by Gasteiger charge is 2.48. The van der Waals surface area contributed by atoms with E-state index in [9.17, 15) is 4.79 Å². The van der Waals surface area contributed by atoms with E-state index in [1.165, 1.54) is 0 Å². The summed E-state index contributed by atoms with van der Waals surface area (Å²) >= 11 is 0. The fraction of sp³-hybridized carbons (Fsp3) is 0.440. The van der Waals surface area contributed by atoms with Crippen LogP contribution in [0.4, 0.5) is 4.79 Å². The van der Waals surface area contributed by atoms with Gasteiger partial charge < -0.3 is 15.2 Å². The molecule has 32 heavy (non-hydrogen) atoms. The largest absolute Gasteiger partial charge is 0.494 e. The van der Waals surface area contributed by atoms with Crippen molar-refractivity contribution in [3.63, 3.8) is 0 Å². The van der Waals surface area contributed by atoms with Crippen molar-refractivity contribution in [2.45, 2.75) is 25.4 Å². The summed E-state index contributed by atoms with van der Waals surface area (Å²) in [6.07, 6.45) is 3.14. The summed E-state index contributed by atoms with van der Waals surface area (Å²) in [5.41, 5.74) is 8.68. The van der Waals surface area contributed by atoms with E-state index in [1.807, 2.05) is 48.5 Å². The van der Waals surface area contributed by atoms with Gasteiger partial charge >= 0.3 is 6.03 Å². The summed E-state index contributed by atoms with van der Waals surface area (Å²) in [6.45, 7) is 5.03. The zero-order chi connectivity index (χ0) is 22.4. The molecule has 2 fully saturated rings. The van der Waals surface area contributed by atoms with E-state index in [4.69, 9.17) is 20.5 Å². The lowest BCUT2D eigenvalue weighted by Gasteiger charge is -2.44. The summed E-state index contributed by atoms with van der Waals surface area (Å²) in [4.78, 5) is 14.8. The third-order valence-electron chi connectivity index (χ3n) is 6.67. The van der Waals surface area contributed by atoms with E-state index < -0.39 is 0 Å². The molecule has 0 bridgehead atoms. The van der Waals surface area contributed by atoms with Gasteiger partial charge in [0.2, 0.25) is 0 Å². The van der Waals surface area contributed by atoms with E-state index in [2.05, 4.69) is 11.0 Å². The highest BCUT2D eigenvalue weighted by atomic mass is 16.5. The Balaban J connectivity index is 1.28. The number of nitriles is 1. The fourth-order valence-electron chi connectivity index (χ4n) is 4.90. The van der Waals surface area contributed by atoms with Gasteiger partial charge in [0.25, 0.3) is 0 Å². The van der Waals surface area contributed by atoms with E-state index in [0.717, 1.165) is 49.2 Å². The van der Waals surface area contributed by atoms with Crippen molar-refractivity contribution in [3.8, 4) is 22.9 Å². The quantitative estimate of drug-likeness (QED) is 0.532. The first-order chi connectivity index (χ1) is 15.6. The van der Waals surface area contributed by atoms with Crippen molar-refractivity contribution in [2.24, 2.45) is 5.73 Å². The number of likely N-dealkylation sites (tertiary alicyclic amines) is 1. The minimum atomic E-state index is -0.233. The number of morpholine rings is 1. The van der Waals surface area contributed by atoms with E-state index in [-0.39, 0.29) is 12.2 Å². The molecule has 0 spiro atoms. The van der Waals surface area contributed by atoms with Crippen LogP contribution in [0.25, 0.3) is 11.1 Å². The van der Waals surface area contributed by atoms with Gasteiger partial charge in [-0.15, -0.1) is 0 Å². The third-order valence-corrected chi connectivity index (χ3v) is 6.67. The lowest BCUT2D eigenvalue weighted by atomic mass is 10.0. The van der Waals surface area contributed by atoms with Crippen LogP contribution in [0.1, 0.15) is 24.8 Å². The molecule has 0 aliphatic carbocycles. The molecule has 2 amide bonds. The number of hydrogen-bond acceptors (Lipinski definition) is 5. The maximum Gasteiger partial charge on any atom is 0.415 e. The number of nitrogens with two attached hydrogens (primary N) is 1. The molecule has 7 nitrogen and oxygen atoms in total. The maximum atomic E-state index is 12.4. The maximum absolute atomic E-state index is 12.4. The molecule has 2 aliphatic rings. The minimum Gasteiger partial charge on any atom is -0.494 e. The average Bonchev–Trinajstić information content (AvgIpc) is 3.32. The standard InChI is InChI=1S/C25H30N4O3/c26-19-20-4-6-21(7-5-20)22-8-10-23(11-9-22)32-16-2-13-28-12-1-3-24(28)29(25(27)30)14-17-31-18-15-29/h4-11,24H,1-3,12-18H2,(H-,27,30)/p+1. The molecule has 2 N–H and O–H groups in total. The van der Waals surface area contributed by atoms with Crippen molar-refractivity contribution >= 4 is 6.03 Å². The number of carbonyl (C=O) groups is 1. The van der Waals surface area contributed by atoms with Crippen LogP contribution < -0.4 is 10.5 Å². The number of hydrogen-bond donors (Lipinski definition) is 1. The highest BCUT2D eigenvalue weighted by molar-refractivity contribution is 5.65. The first-order valence-electron chi connectivity index (χ1n) is 11.3. The Kier molecular flexibility index (Phi) is 7.05. The number of urea groups is 1. The molecule has 0 aromatic heterocycles. The van der Waals surface area contributed by atoms with Crippen molar-refractivity contribution in [3.05, 3.63) is 54.1 Å². The first-order valence-corrected chi connectivity index (χ1v) is 11.3. The number of benzene rings is 2. The summed E-state index contributed by atoms with van der Waals surface area (Å²) in [5.74, 6) is 0.842. The second-order valence-electron chi connectivity index (χ2n) is 8.51. The van der Waals surface area contributed by atoms with Crippen LogP contribution in [0, 0.1) is 11.3 Å². The van der Waals surface area contributed by atoms with Crippen LogP contribution in [-0.2, 0) is 4.74 Å². The van der Waals surface area contributed by atoms with Gasteiger partial charge in [0, 0.05) is 19.5 Å². The molecule has 2 aliphatic heterocycles. The van der Waals surface area contributed by atoms with Crippen LogP contribution in [-0.4, -0.2) is 67.6 Å². The molecule has 2 heterocycles. The van der Waals surface area contributed by atoms with E-state index >= 15 is 0 Å². The molecule has 2 aromatic rings. The monoisotopic (exact) mass is 435 g/mol. The fourth-order valence-corrected chi connectivity index (χ4v) is 4.90. The summed E-state index contributed by atoms with van der Waals surface area (Å²) in [6, 6.07) is 17.5. The summed E-state index contributed by atoms with van der Waals surface area (Å²) < 4.78 is 11.8. The van der Waals surface area contributed by atoms with Crippen LogP contribution in [0.15, 0.2) is 48.5 Å². The number of nitrogens with zero attached hydrogens (tertiary/aromatic N) is 3. The van der Waals surface area contributed by atoms with Gasteiger partial charge in [-0.3, -0.25) is 4.90 Å². The molecule has 168 valence electrons. The Bertz CT molecular complexity index is 947. The molecular formula is C25H31N4O3+. The zero-order valence-electron chi connectivity index (χ0n) is 18.4. The Morgan fingerprint density at radius 1 is 1.12 bits per heavy atom. The van der Waals surface area contributed by atoms with Crippen molar-refractivity contribution in [1.29, 1.82) is 5.26 Å². The molecule has 0 saturated carbocycles. The number of quaternary nitrogens is 1. The number of rotatable bonds is 7. The lowest BCUT2D eigenvalue weighted by Crippen LogP contribution is -2.69. The SMILES string of the molecule is N#Cc1ccc(-c2ccc(OCCCN3CCCC3[N+]3(C(N)=O)CCOCC3)cc2)cc1. The number of amides is 2. The van der Waals surface area contributed by atoms with Gasteiger partial charge in [-0.2, -0.15) is 5.26 Å². The third kappa shape index (κ3) is 4.78. The summed E-state index contributed by atoms with van der Waals surface area (Å²) in [7, 11) is 0. The first kappa shape index (κ1) is 22.3. The second kappa shape index (κ2) is 10.1. The Labute approximate surface area is 189 Å². The predicted molar refractivity (Wildman–Crippen MR) is 122 cm³/mol. The van der Waals surface area contributed by atoms with Crippen LogP contribution >= 0.6 is 0 Å². The van der Waals surface area contributed by atoms with Crippen molar-refractivity contribution in [2.75, 3.05) is 46.0 Å². The van der Waals surface area contributed by atoms with Crippen LogP contribution in [0.5, 0.6) is 5.75 Å². The topological polar surface area (TPSA) is 88.6 Å². The van der Waals surface area contributed by atoms with E-state index in [1.54, 1.807) is 0 Å². The summed E-state index contributed by atoms with van der Waals surface area (Å²) in [5, 5.41) is 8.93. The van der Waals surface area contributed by atoms with Crippen LogP contribution in [0.2, 0.25) is 0 Å². The average molecular weight is 436 g/mol. The minimum absolute atomic E-state index is 0.156. The molecule has 2 saturated heterocycles. The van der Waals surface area contributed by atoms with Gasteiger partial charge in [0.05, 0.1) is 31.5 Å². The molecule has 7 heteroatoms. The van der Waals surface area contributed by atoms with Gasteiger partial charge in [-0.05, 0) is 48.2 Å². The van der Waals surface area contributed by atoms with Crippen molar-refractivity contribution in [1.82, 2.24) is 4.90 Å². The number of carbonyl (C=O) groups excluding carboxylic acids is 1. The van der Waals surface area contributed by atoms with Gasteiger partial charge in [-0.25, -0.2) is 9.28 Å². The van der Waals surface area contributed by atoms with Gasteiger partial charge in [0.15, 0.2) is 6.17 Å². The number of primary amides is 1. The predicted octanol–water partition coefficient (Wildman–Crippen LogP) is 3.34. The molecule has 2 aromatic carbocycles. The Morgan fingerprint density at radius 2 is 1.78 bits per heavy atom. The molecule has 0 radical (unpaired) electrons. The Morgan fingerprint density at radius 3 is 2.41 bits per heavy atom.